The first kappa shape index (κ1) is 12.4. The van der Waals surface area contributed by atoms with Crippen molar-refractivity contribution in [2.24, 2.45) is 0 Å². The van der Waals surface area contributed by atoms with Crippen LogP contribution in [0.1, 0.15) is 24.4 Å². The molecule has 15 heavy (non-hydrogen) atoms. The predicted molar refractivity (Wildman–Crippen MR) is 62.4 cm³/mol. The van der Waals surface area contributed by atoms with Crippen LogP contribution in [0.5, 0.6) is 0 Å². The molecule has 0 aromatic carbocycles. The maximum absolute atomic E-state index is 11.5. The lowest BCUT2D eigenvalue weighted by atomic mass is 10.4. The summed E-state index contributed by atoms with van der Waals surface area (Å²) >= 11 is 1.33. The van der Waals surface area contributed by atoms with E-state index in [9.17, 15) is 8.42 Å². The minimum atomic E-state index is -3.49. The Morgan fingerprint density at radius 3 is 2.33 bits per heavy atom. The van der Waals surface area contributed by atoms with Gasteiger partial charge in [0.05, 0.1) is 5.69 Å². The summed E-state index contributed by atoms with van der Waals surface area (Å²) in [4.78, 5) is 5.10. The Kier molecular flexibility index (Phi) is 3.69. The highest BCUT2D eigenvalue weighted by Crippen LogP contribution is 2.21. The van der Waals surface area contributed by atoms with E-state index in [0.29, 0.717) is 5.13 Å². The number of nitrogens with zero attached hydrogens (tertiary/aromatic N) is 1. The van der Waals surface area contributed by atoms with Gasteiger partial charge in [-0.1, -0.05) is 0 Å². The molecule has 5 nitrogen and oxygen atoms in total. The molecule has 0 saturated carbocycles. The van der Waals surface area contributed by atoms with Crippen molar-refractivity contribution in [3.8, 4) is 0 Å². The molecule has 0 radical (unpaired) electrons. The number of hydrogen-bond acceptors (Lipinski definition) is 4. The molecular weight excluding hydrogens is 234 g/mol. The molecule has 1 aromatic heterocycles. The summed E-state index contributed by atoms with van der Waals surface area (Å²) in [5.41, 5.74) is 0.849. The van der Waals surface area contributed by atoms with Crippen LogP contribution < -0.4 is 9.44 Å². The van der Waals surface area contributed by atoms with E-state index in [1.54, 1.807) is 13.8 Å². The maximum atomic E-state index is 11.5. The van der Waals surface area contributed by atoms with E-state index in [0.717, 1.165) is 10.6 Å². The Morgan fingerprint density at radius 1 is 1.33 bits per heavy atom. The van der Waals surface area contributed by atoms with Crippen molar-refractivity contribution >= 4 is 26.7 Å². The molecule has 7 heteroatoms. The topological polar surface area (TPSA) is 71.1 Å². The summed E-state index contributed by atoms with van der Waals surface area (Å²) in [6.07, 6.45) is 0. The first-order valence-electron chi connectivity index (χ1n) is 4.54. The van der Waals surface area contributed by atoms with Gasteiger partial charge in [0.2, 0.25) is 0 Å². The van der Waals surface area contributed by atoms with Gasteiger partial charge >= 0.3 is 10.2 Å². The lowest BCUT2D eigenvalue weighted by Crippen LogP contribution is -2.35. The quantitative estimate of drug-likeness (QED) is 0.847. The van der Waals surface area contributed by atoms with Gasteiger partial charge in [0.1, 0.15) is 0 Å². The molecule has 2 N–H and O–H groups in total. The molecule has 0 saturated heterocycles. The van der Waals surface area contributed by atoms with Crippen molar-refractivity contribution in [1.29, 1.82) is 0 Å². The molecule has 0 fully saturated rings. The van der Waals surface area contributed by atoms with Gasteiger partial charge in [-0.15, -0.1) is 11.3 Å². The van der Waals surface area contributed by atoms with E-state index in [1.165, 1.54) is 11.3 Å². The fourth-order valence-electron chi connectivity index (χ4n) is 0.971. The SMILES string of the molecule is Cc1nc(NS(=O)(=O)NC(C)C)sc1C. The highest BCUT2D eigenvalue weighted by Gasteiger charge is 2.14. The van der Waals surface area contributed by atoms with Gasteiger partial charge in [-0.2, -0.15) is 13.1 Å². The molecule has 0 amide bonds. The third kappa shape index (κ3) is 3.77. The van der Waals surface area contributed by atoms with E-state index in [-0.39, 0.29) is 6.04 Å². The zero-order valence-electron chi connectivity index (χ0n) is 9.16. The fourth-order valence-corrected chi connectivity index (χ4v) is 3.09. The van der Waals surface area contributed by atoms with E-state index in [2.05, 4.69) is 14.4 Å². The number of nitrogens with one attached hydrogen (secondary N) is 2. The summed E-state index contributed by atoms with van der Waals surface area (Å²) in [5, 5.41) is 0.401. The minimum Gasteiger partial charge on any atom is -0.246 e. The van der Waals surface area contributed by atoms with E-state index in [1.807, 2.05) is 13.8 Å². The smallest absolute Gasteiger partial charge is 0.246 e. The summed E-state index contributed by atoms with van der Waals surface area (Å²) in [5.74, 6) is 0. The van der Waals surface area contributed by atoms with Crippen molar-refractivity contribution < 1.29 is 8.42 Å². The molecule has 0 aliphatic rings. The Balaban J connectivity index is 2.78. The second-order valence-corrected chi connectivity index (χ2v) is 6.19. The number of hydrogen-bond donors (Lipinski definition) is 2. The van der Waals surface area contributed by atoms with E-state index < -0.39 is 10.2 Å². The molecule has 0 atom stereocenters. The second kappa shape index (κ2) is 4.46. The zero-order valence-corrected chi connectivity index (χ0v) is 10.8. The number of rotatable bonds is 4. The van der Waals surface area contributed by atoms with Gasteiger partial charge < -0.3 is 0 Å². The van der Waals surface area contributed by atoms with Gasteiger partial charge in [-0.05, 0) is 27.7 Å². The normalized spacial score (nSPS) is 12.1. The third-order valence-corrected chi connectivity index (χ3v) is 4.00. The zero-order chi connectivity index (χ0) is 11.6. The third-order valence-electron chi connectivity index (χ3n) is 1.64. The molecule has 0 unspecified atom stereocenters. The van der Waals surface area contributed by atoms with E-state index >= 15 is 0 Å². The van der Waals surface area contributed by atoms with Crippen LogP contribution in [0.25, 0.3) is 0 Å². The van der Waals surface area contributed by atoms with Gasteiger partial charge in [0.15, 0.2) is 5.13 Å². The molecule has 86 valence electrons. The largest absolute Gasteiger partial charge is 0.301 e. The standard InChI is InChI=1S/C8H15N3O2S2/c1-5(2)10-15(12,13)11-8-9-6(3)7(4)14-8/h5,10H,1-4H3,(H,9,11). The summed E-state index contributed by atoms with van der Waals surface area (Å²) in [6, 6.07) is -0.135. The van der Waals surface area contributed by atoms with Gasteiger partial charge in [-0.25, -0.2) is 9.71 Å². The molecule has 0 spiro atoms. The summed E-state index contributed by atoms with van der Waals surface area (Å²) in [6.45, 7) is 7.27. The van der Waals surface area contributed by atoms with Gasteiger partial charge in [0, 0.05) is 10.9 Å². The van der Waals surface area contributed by atoms with Crippen LogP contribution in [0.15, 0.2) is 0 Å². The molecule has 0 bridgehead atoms. The number of aromatic nitrogens is 1. The first-order chi connectivity index (χ1) is 6.80. The summed E-state index contributed by atoms with van der Waals surface area (Å²) < 4.78 is 27.8. The second-order valence-electron chi connectivity index (χ2n) is 3.54. The lowest BCUT2D eigenvalue weighted by molar-refractivity contribution is 0.575. The van der Waals surface area contributed by atoms with Crippen molar-refractivity contribution in [2.75, 3.05) is 4.72 Å². The van der Waals surface area contributed by atoms with Crippen LogP contribution in [0, 0.1) is 13.8 Å². The Labute approximate surface area is 94.1 Å². The monoisotopic (exact) mass is 249 g/mol. The molecular formula is C8H15N3O2S2. The number of anilines is 1. The van der Waals surface area contributed by atoms with Crippen molar-refractivity contribution in [3.63, 3.8) is 0 Å². The highest BCUT2D eigenvalue weighted by atomic mass is 32.2. The average molecular weight is 249 g/mol. The van der Waals surface area contributed by atoms with Crippen molar-refractivity contribution in [2.45, 2.75) is 33.7 Å². The predicted octanol–water partition coefficient (Wildman–Crippen LogP) is 1.41. The molecule has 0 aliphatic heterocycles. The summed E-state index contributed by atoms with van der Waals surface area (Å²) in [7, 11) is -3.49. The van der Waals surface area contributed by atoms with Crippen LogP contribution in [0.3, 0.4) is 0 Å². The Bertz CT molecular complexity index is 417. The Morgan fingerprint density at radius 2 is 1.93 bits per heavy atom. The van der Waals surface area contributed by atoms with Crippen LogP contribution in [0.2, 0.25) is 0 Å². The number of aryl methyl sites for hydroxylation is 2. The molecule has 1 aromatic rings. The van der Waals surface area contributed by atoms with Crippen LogP contribution in [0.4, 0.5) is 5.13 Å². The van der Waals surface area contributed by atoms with E-state index in [4.69, 9.17) is 0 Å². The average Bonchev–Trinajstić information content (AvgIpc) is 2.25. The number of thiazole rings is 1. The fraction of sp³-hybridized carbons (Fsp3) is 0.625. The Hall–Kier alpha value is -0.660. The first-order valence-corrected chi connectivity index (χ1v) is 6.84. The van der Waals surface area contributed by atoms with Crippen LogP contribution in [-0.2, 0) is 10.2 Å². The van der Waals surface area contributed by atoms with Gasteiger partial charge in [-0.3, -0.25) is 0 Å². The molecule has 1 heterocycles. The van der Waals surface area contributed by atoms with Crippen molar-refractivity contribution in [3.05, 3.63) is 10.6 Å². The molecule has 1 rings (SSSR count). The van der Waals surface area contributed by atoms with Gasteiger partial charge in [0.25, 0.3) is 0 Å². The maximum Gasteiger partial charge on any atom is 0.301 e. The highest BCUT2D eigenvalue weighted by molar-refractivity contribution is 7.91. The van der Waals surface area contributed by atoms with Crippen molar-refractivity contribution in [1.82, 2.24) is 9.71 Å². The minimum absolute atomic E-state index is 0.135. The lowest BCUT2D eigenvalue weighted by Gasteiger charge is -2.08. The van der Waals surface area contributed by atoms with Crippen LogP contribution in [-0.4, -0.2) is 19.4 Å². The molecule has 0 aliphatic carbocycles. The van der Waals surface area contributed by atoms with Crippen LogP contribution >= 0.6 is 11.3 Å².